The summed E-state index contributed by atoms with van der Waals surface area (Å²) in [5.74, 6) is -1.77. The quantitative estimate of drug-likeness (QED) is 0.151. The molecule has 0 bridgehead atoms. The van der Waals surface area contributed by atoms with Crippen molar-refractivity contribution in [2.45, 2.75) is 122 Å². The summed E-state index contributed by atoms with van der Waals surface area (Å²) < 4.78 is 56.8. The first-order chi connectivity index (χ1) is 27.8. The van der Waals surface area contributed by atoms with Crippen LogP contribution >= 0.6 is 0 Å². The van der Waals surface area contributed by atoms with Gasteiger partial charge in [-0.3, -0.25) is 23.9 Å². The standard InChI is InChI=1S/C44H61N3O11S/c1-27-11-9-10-12-29-23-44(29,41(51)46-59(52,53)43(6)15-16-43)24-36(48)35-21-31(26-47(35)40(50)33(28(2)19-27)22-38(49)58-42(3,4)5)57-39-32-14-13-30(55-8)20-34(32)37(25-45-39)56-18-17-54-7/h10,12-14,20,25,27-29,31,33,35H,9,11,15-19,21-24,26H2,1-8H3,(H,46,51)/b12-10-/t27-,28+,29+,31+,33-,35-,44+/m0/s1. The van der Waals surface area contributed by atoms with Crippen molar-refractivity contribution in [3.63, 3.8) is 0 Å². The number of carbonyl (C=O) groups is 4. The van der Waals surface area contributed by atoms with Crippen molar-refractivity contribution < 1.29 is 51.3 Å². The van der Waals surface area contributed by atoms with Crippen molar-refractivity contribution in [3.05, 3.63) is 36.5 Å². The highest BCUT2D eigenvalue weighted by Crippen LogP contribution is 2.58. The van der Waals surface area contributed by atoms with Crippen molar-refractivity contribution in [2.24, 2.45) is 29.1 Å². The number of aromatic nitrogens is 1. The fraction of sp³-hybridized carbons (Fsp3) is 0.659. The van der Waals surface area contributed by atoms with E-state index in [2.05, 4.69) is 16.6 Å². The Hall–Kier alpha value is -4.24. The number of benzene rings is 1. The normalized spacial score (nSPS) is 29.0. The summed E-state index contributed by atoms with van der Waals surface area (Å²) in [6.07, 6.45) is 7.84. The SMILES string of the molecule is COCCOc1cnc(O[C@@H]2C[C@H]3C(=O)C[C@]4(C(=O)NS(=O)(=O)C5(C)CC5)C[C@H]4/C=C\CC[C@H](C)C[C@@H](C)[C@H](CC(=O)OC(C)(C)C)C(=O)N3C2)c2ccc(OC)cc12. The number of ether oxygens (including phenoxy) is 5. The number of amides is 2. The van der Waals surface area contributed by atoms with Gasteiger partial charge >= 0.3 is 5.97 Å². The Balaban J connectivity index is 1.35. The van der Waals surface area contributed by atoms with Crippen LogP contribution in [0.15, 0.2) is 36.5 Å². The highest BCUT2D eigenvalue weighted by molar-refractivity contribution is 7.91. The second-order valence-corrected chi connectivity index (χ2v) is 20.6. The van der Waals surface area contributed by atoms with Gasteiger partial charge in [-0.15, -0.1) is 0 Å². The smallest absolute Gasteiger partial charge is 0.307 e. The molecule has 59 heavy (non-hydrogen) atoms. The fourth-order valence-corrected chi connectivity index (χ4v) is 9.88. The van der Waals surface area contributed by atoms with Crippen molar-refractivity contribution in [3.8, 4) is 17.4 Å². The maximum absolute atomic E-state index is 15.0. The molecule has 1 aromatic carbocycles. The van der Waals surface area contributed by atoms with Gasteiger partial charge in [-0.05, 0) is 102 Å². The van der Waals surface area contributed by atoms with Crippen LogP contribution in [0.2, 0.25) is 0 Å². The summed E-state index contributed by atoms with van der Waals surface area (Å²) in [6, 6.07) is 4.39. The number of pyridine rings is 1. The number of rotatable bonds is 12. The van der Waals surface area contributed by atoms with Gasteiger partial charge in [0.15, 0.2) is 5.78 Å². The minimum absolute atomic E-state index is 0.0169. The lowest BCUT2D eigenvalue weighted by Gasteiger charge is -2.32. The Morgan fingerprint density at radius 2 is 1.80 bits per heavy atom. The van der Waals surface area contributed by atoms with Crippen LogP contribution < -0.4 is 18.9 Å². The first-order valence-electron chi connectivity index (χ1n) is 20.8. The molecule has 0 radical (unpaired) electrons. The maximum atomic E-state index is 15.0. The molecule has 1 aromatic heterocycles. The van der Waals surface area contributed by atoms with Gasteiger partial charge in [0.2, 0.25) is 27.7 Å². The van der Waals surface area contributed by atoms with E-state index in [0.29, 0.717) is 61.0 Å². The molecule has 2 aromatic rings. The van der Waals surface area contributed by atoms with Gasteiger partial charge < -0.3 is 28.6 Å². The van der Waals surface area contributed by atoms with E-state index in [1.54, 1.807) is 54.2 Å². The number of fused-ring (bicyclic) bond motifs is 3. The molecule has 0 spiro atoms. The lowest BCUT2D eigenvalue weighted by atomic mass is 9.82. The molecule has 3 heterocycles. The monoisotopic (exact) mass is 839 g/mol. The van der Waals surface area contributed by atoms with Gasteiger partial charge in [-0.2, -0.15) is 0 Å². The lowest BCUT2D eigenvalue weighted by molar-refractivity contribution is -0.160. The molecule has 1 N–H and O–H groups in total. The van der Waals surface area contributed by atoms with Gasteiger partial charge in [0.1, 0.15) is 29.8 Å². The number of nitrogens with zero attached hydrogens (tertiary/aromatic N) is 2. The van der Waals surface area contributed by atoms with Crippen LogP contribution in [0, 0.1) is 29.1 Å². The average molecular weight is 840 g/mol. The van der Waals surface area contributed by atoms with Crippen LogP contribution in [0.25, 0.3) is 10.8 Å². The second kappa shape index (κ2) is 17.4. The fourth-order valence-electron chi connectivity index (χ4n) is 8.55. The molecule has 4 aliphatic rings. The number of hydrogen-bond donors (Lipinski definition) is 1. The third-order valence-electron chi connectivity index (χ3n) is 12.4. The van der Waals surface area contributed by atoms with E-state index in [1.807, 2.05) is 31.2 Å². The number of sulfonamides is 1. The molecule has 2 aliphatic carbocycles. The third kappa shape index (κ3) is 10.0. The molecule has 15 heteroatoms. The predicted octanol–water partition coefficient (Wildman–Crippen LogP) is 5.94. The summed E-state index contributed by atoms with van der Waals surface area (Å²) in [7, 11) is -0.821. The van der Waals surface area contributed by atoms with Crippen molar-refractivity contribution in [1.82, 2.24) is 14.6 Å². The number of nitrogens with one attached hydrogen (secondary N) is 1. The zero-order valence-electron chi connectivity index (χ0n) is 35.7. The Bertz CT molecular complexity index is 2060. The van der Waals surface area contributed by atoms with Gasteiger partial charge in [0.05, 0.1) is 55.0 Å². The van der Waals surface area contributed by atoms with Crippen molar-refractivity contribution in [2.75, 3.05) is 34.0 Å². The lowest BCUT2D eigenvalue weighted by Crippen LogP contribution is -2.48. The number of allylic oxidation sites excluding steroid dienone is 2. The van der Waals surface area contributed by atoms with Gasteiger partial charge in [0, 0.05) is 30.7 Å². The van der Waals surface area contributed by atoms with Crippen LogP contribution in [0.1, 0.15) is 99.3 Å². The molecule has 3 fully saturated rings. The van der Waals surface area contributed by atoms with E-state index in [1.165, 1.54) is 4.90 Å². The van der Waals surface area contributed by atoms with E-state index >= 15 is 0 Å². The molecule has 14 nitrogen and oxygen atoms in total. The van der Waals surface area contributed by atoms with Gasteiger partial charge in [-0.1, -0.05) is 26.0 Å². The predicted molar refractivity (Wildman–Crippen MR) is 220 cm³/mol. The van der Waals surface area contributed by atoms with E-state index in [4.69, 9.17) is 23.7 Å². The maximum Gasteiger partial charge on any atom is 0.307 e. The molecule has 7 atom stereocenters. The summed E-state index contributed by atoms with van der Waals surface area (Å²) in [4.78, 5) is 63.3. The Morgan fingerprint density at radius 1 is 1.05 bits per heavy atom. The van der Waals surface area contributed by atoms with Gasteiger partial charge in [0.25, 0.3) is 0 Å². The zero-order chi connectivity index (χ0) is 42.9. The van der Waals surface area contributed by atoms with E-state index in [9.17, 15) is 27.6 Å². The van der Waals surface area contributed by atoms with Crippen LogP contribution in [0.5, 0.6) is 17.4 Å². The highest BCUT2D eigenvalue weighted by atomic mass is 32.2. The Labute approximate surface area is 348 Å². The molecule has 0 unspecified atom stereocenters. The first-order valence-corrected chi connectivity index (χ1v) is 22.3. The van der Waals surface area contributed by atoms with E-state index in [-0.39, 0.29) is 67.7 Å². The highest BCUT2D eigenvalue weighted by Gasteiger charge is 2.62. The van der Waals surface area contributed by atoms with Crippen LogP contribution in [-0.4, -0.2) is 98.3 Å². The number of methoxy groups -OCH3 is 2. The summed E-state index contributed by atoms with van der Waals surface area (Å²) in [5.41, 5.74) is -2.05. The van der Waals surface area contributed by atoms with Crippen LogP contribution in [0.3, 0.4) is 0 Å². The molecular formula is C44H61N3O11S. The number of esters is 1. The minimum Gasteiger partial charge on any atom is -0.497 e. The zero-order valence-corrected chi connectivity index (χ0v) is 36.5. The van der Waals surface area contributed by atoms with Crippen LogP contribution in [-0.2, 0) is 38.7 Å². The number of carbonyl (C=O) groups excluding carboxylic acids is 4. The molecule has 2 aliphatic heterocycles. The molecule has 1 saturated heterocycles. The molecule has 6 rings (SSSR count). The summed E-state index contributed by atoms with van der Waals surface area (Å²) in [5, 5.41) is 1.31. The van der Waals surface area contributed by atoms with E-state index in [0.717, 1.165) is 6.42 Å². The first kappa shape index (κ1) is 44.3. The summed E-state index contributed by atoms with van der Waals surface area (Å²) >= 11 is 0. The number of hydrogen-bond acceptors (Lipinski definition) is 12. The van der Waals surface area contributed by atoms with Crippen molar-refractivity contribution >= 4 is 44.4 Å². The second-order valence-electron chi connectivity index (χ2n) is 18.4. The van der Waals surface area contributed by atoms with Crippen molar-refractivity contribution in [1.29, 1.82) is 0 Å². The largest absolute Gasteiger partial charge is 0.497 e. The average Bonchev–Trinajstić information content (AvgIpc) is 4.05. The summed E-state index contributed by atoms with van der Waals surface area (Å²) in [6.45, 7) is 11.7. The Kier molecular flexibility index (Phi) is 13.1. The number of ketones is 1. The van der Waals surface area contributed by atoms with E-state index < -0.39 is 55.7 Å². The molecule has 2 amide bonds. The molecular weight excluding hydrogens is 779 g/mol. The molecule has 324 valence electrons. The van der Waals surface area contributed by atoms with Gasteiger partial charge in [-0.25, -0.2) is 13.4 Å². The third-order valence-corrected chi connectivity index (χ3v) is 14.6. The topological polar surface area (TPSA) is 177 Å². The Morgan fingerprint density at radius 3 is 2.47 bits per heavy atom. The van der Waals surface area contributed by atoms with Crippen LogP contribution in [0.4, 0.5) is 0 Å². The number of Topliss-reactive ketones (excluding diaryl/α,β-unsaturated/α-hetero) is 1. The molecule has 2 saturated carbocycles. The minimum atomic E-state index is -3.97.